The minimum absolute atomic E-state index is 0.703. The molecule has 20 heavy (non-hydrogen) atoms. The Hall–Kier alpha value is -1.59. The minimum Gasteiger partial charge on any atom is -0.381 e. The van der Waals surface area contributed by atoms with Crippen molar-refractivity contribution in [1.82, 2.24) is 14.8 Å². The molecule has 0 N–H and O–H groups in total. The van der Waals surface area contributed by atoms with Gasteiger partial charge in [-0.15, -0.1) is 16.8 Å². The number of thioether (sulfide) groups is 1. The number of rotatable bonds is 8. The highest BCUT2D eigenvalue weighted by Gasteiger charge is 2.12. The van der Waals surface area contributed by atoms with Crippen LogP contribution in [-0.4, -0.2) is 33.7 Å². The summed E-state index contributed by atoms with van der Waals surface area (Å²) in [7, 11) is 0. The zero-order valence-electron chi connectivity index (χ0n) is 11.7. The Kier molecular flexibility index (Phi) is 5.83. The number of hydrogen-bond donors (Lipinski definition) is 0. The van der Waals surface area contributed by atoms with E-state index in [0.717, 1.165) is 35.5 Å². The molecule has 2 aromatic rings. The number of nitrogens with zero attached hydrogens (tertiary/aromatic N) is 3. The third kappa shape index (κ3) is 3.71. The first-order chi connectivity index (χ1) is 9.86. The van der Waals surface area contributed by atoms with Gasteiger partial charge in [0.05, 0.1) is 6.61 Å². The number of allylic oxidation sites excluding steroid dienone is 1. The average Bonchev–Trinajstić information content (AvgIpc) is 2.88. The van der Waals surface area contributed by atoms with Gasteiger partial charge >= 0.3 is 0 Å². The third-order valence-corrected chi connectivity index (χ3v) is 3.65. The smallest absolute Gasteiger partial charge is 0.191 e. The van der Waals surface area contributed by atoms with Crippen molar-refractivity contribution in [1.29, 1.82) is 0 Å². The molecular formula is C15H19N3OS. The molecule has 1 aromatic carbocycles. The van der Waals surface area contributed by atoms with Gasteiger partial charge < -0.3 is 4.74 Å². The maximum Gasteiger partial charge on any atom is 0.191 e. The van der Waals surface area contributed by atoms with Crippen LogP contribution in [0, 0.1) is 0 Å². The number of benzene rings is 1. The van der Waals surface area contributed by atoms with Gasteiger partial charge in [0.1, 0.15) is 0 Å². The lowest BCUT2D eigenvalue weighted by atomic mass is 10.2. The van der Waals surface area contributed by atoms with Crippen molar-refractivity contribution in [3.63, 3.8) is 0 Å². The van der Waals surface area contributed by atoms with Crippen molar-refractivity contribution in [3.05, 3.63) is 43.0 Å². The Morgan fingerprint density at radius 2 is 2.10 bits per heavy atom. The first-order valence-electron chi connectivity index (χ1n) is 6.67. The lowest BCUT2D eigenvalue weighted by Gasteiger charge is -2.07. The van der Waals surface area contributed by atoms with Gasteiger partial charge in [-0.2, -0.15) is 0 Å². The molecule has 1 heterocycles. The largest absolute Gasteiger partial charge is 0.381 e. The number of ether oxygens (including phenoxy) is 1. The van der Waals surface area contributed by atoms with Crippen molar-refractivity contribution in [2.75, 3.05) is 19.0 Å². The van der Waals surface area contributed by atoms with Gasteiger partial charge in [-0.25, -0.2) is 0 Å². The van der Waals surface area contributed by atoms with E-state index < -0.39 is 0 Å². The lowest BCUT2D eigenvalue weighted by Crippen LogP contribution is -2.02. The molecule has 106 valence electrons. The van der Waals surface area contributed by atoms with Crippen LogP contribution in [0.3, 0.4) is 0 Å². The molecule has 0 spiro atoms. The van der Waals surface area contributed by atoms with Gasteiger partial charge in [0.2, 0.25) is 0 Å². The van der Waals surface area contributed by atoms with Crippen LogP contribution < -0.4 is 0 Å². The average molecular weight is 289 g/mol. The topological polar surface area (TPSA) is 39.9 Å². The Morgan fingerprint density at radius 3 is 2.80 bits per heavy atom. The molecule has 4 nitrogen and oxygen atoms in total. The van der Waals surface area contributed by atoms with E-state index in [1.165, 1.54) is 0 Å². The zero-order valence-corrected chi connectivity index (χ0v) is 12.5. The van der Waals surface area contributed by atoms with Crippen LogP contribution in [0.2, 0.25) is 0 Å². The molecular weight excluding hydrogens is 270 g/mol. The second kappa shape index (κ2) is 7.87. The molecule has 5 heteroatoms. The van der Waals surface area contributed by atoms with Crippen LogP contribution in [0.5, 0.6) is 0 Å². The van der Waals surface area contributed by atoms with Crippen LogP contribution in [0.4, 0.5) is 0 Å². The molecule has 0 bridgehead atoms. The first kappa shape index (κ1) is 14.8. The highest BCUT2D eigenvalue weighted by molar-refractivity contribution is 7.99. The maximum absolute atomic E-state index is 5.35. The van der Waals surface area contributed by atoms with Crippen LogP contribution in [-0.2, 0) is 11.3 Å². The Morgan fingerprint density at radius 1 is 1.30 bits per heavy atom. The highest BCUT2D eigenvalue weighted by Crippen LogP contribution is 2.23. The summed E-state index contributed by atoms with van der Waals surface area (Å²) in [5.74, 6) is 1.75. The van der Waals surface area contributed by atoms with Crippen molar-refractivity contribution < 1.29 is 4.74 Å². The van der Waals surface area contributed by atoms with Crippen LogP contribution in [0.25, 0.3) is 11.4 Å². The molecule has 0 amide bonds. The van der Waals surface area contributed by atoms with Crippen molar-refractivity contribution in [2.24, 2.45) is 0 Å². The predicted molar refractivity (Wildman–Crippen MR) is 82.9 cm³/mol. The monoisotopic (exact) mass is 289 g/mol. The summed E-state index contributed by atoms with van der Waals surface area (Å²) < 4.78 is 7.43. The van der Waals surface area contributed by atoms with Gasteiger partial charge in [0, 0.05) is 24.5 Å². The molecule has 1 aromatic heterocycles. The summed E-state index contributed by atoms with van der Waals surface area (Å²) in [5.41, 5.74) is 1.07. The summed E-state index contributed by atoms with van der Waals surface area (Å²) in [6, 6.07) is 10.1. The van der Waals surface area contributed by atoms with E-state index >= 15 is 0 Å². The standard InChI is InChI=1S/C15H19N3OS/c1-3-10-18-14(13-8-6-5-7-9-13)16-17-15(18)20-12-11-19-4-2/h3,5-9H,1,4,10-12H2,2H3. The molecule has 0 atom stereocenters. The van der Waals surface area contributed by atoms with E-state index in [-0.39, 0.29) is 0 Å². The Labute approximate surface area is 123 Å². The molecule has 0 saturated heterocycles. The molecule has 0 aliphatic carbocycles. The fourth-order valence-electron chi connectivity index (χ4n) is 1.83. The summed E-state index contributed by atoms with van der Waals surface area (Å²) in [6.45, 7) is 7.98. The second-order valence-electron chi connectivity index (χ2n) is 4.12. The quantitative estimate of drug-likeness (QED) is 0.425. The SMILES string of the molecule is C=CCn1c(SCCOCC)nnc1-c1ccccc1. The third-order valence-electron chi connectivity index (χ3n) is 2.72. The summed E-state index contributed by atoms with van der Waals surface area (Å²) in [6.07, 6.45) is 1.86. The predicted octanol–water partition coefficient (Wildman–Crippen LogP) is 3.26. The first-order valence-corrected chi connectivity index (χ1v) is 7.65. The molecule has 0 saturated carbocycles. The maximum atomic E-state index is 5.35. The number of hydrogen-bond acceptors (Lipinski definition) is 4. The molecule has 0 unspecified atom stereocenters. The van der Waals surface area contributed by atoms with E-state index in [1.54, 1.807) is 11.8 Å². The number of aromatic nitrogens is 3. The van der Waals surface area contributed by atoms with E-state index in [1.807, 2.05) is 43.3 Å². The summed E-state index contributed by atoms with van der Waals surface area (Å²) in [4.78, 5) is 0. The molecule has 0 fully saturated rings. The fourth-order valence-corrected chi connectivity index (χ4v) is 2.63. The Bertz CT molecular complexity index is 539. The molecule has 2 rings (SSSR count). The van der Waals surface area contributed by atoms with E-state index in [0.29, 0.717) is 6.54 Å². The van der Waals surface area contributed by atoms with Gasteiger partial charge in [0.25, 0.3) is 0 Å². The molecule has 0 aliphatic rings. The van der Waals surface area contributed by atoms with E-state index in [9.17, 15) is 0 Å². The summed E-state index contributed by atoms with van der Waals surface area (Å²) in [5, 5.41) is 9.49. The molecule has 0 aliphatic heterocycles. The molecule has 0 radical (unpaired) electrons. The van der Waals surface area contributed by atoms with Gasteiger partial charge in [0.15, 0.2) is 11.0 Å². The highest BCUT2D eigenvalue weighted by atomic mass is 32.2. The summed E-state index contributed by atoms with van der Waals surface area (Å²) >= 11 is 1.66. The fraction of sp³-hybridized carbons (Fsp3) is 0.333. The van der Waals surface area contributed by atoms with Gasteiger partial charge in [-0.3, -0.25) is 4.57 Å². The van der Waals surface area contributed by atoms with Crippen LogP contribution in [0.15, 0.2) is 48.1 Å². The van der Waals surface area contributed by atoms with Crippen LogP contribution >= 0.6 is 11.8 Å². The van der Waals surface area contributed by atoms with Crippen LogP contribution in [0.1, 0.15) is 6.92 Å². The Balaban J connectivity index is 2.17. The van der Waals surface area contributed by atoms with Crippen molar-refractivity contribution in [3.8, 4) is 11.4 Å². The normalized spacial score (nSPS) is 10.7. The van der Waals surface area contributed by atoms with Crippen molar-refractivity contribution >= 4 is 11.8 Å². The van der Waals surface area contributed by atoms with E-state index in [4.69, 9.17) is 4.74 Å². The lowest BCUT2D eigenvalue weighted by molar-refractivity contribution is 0.164. The zero-order chi connectivity index (χ0) is 14.2. The minimum atomic E-state index is 0.703. The van der Waals surface area contributed by atoms with E-state index in [2.05, 4.69) is 21.3 Å². The van der Waals surface area contributed by atoms with Gasteiger partial charge in [-0.05, 0) is 6.92 Å². The van der Waals surface area contributed by atoms with Gasteiger partial charge in [-0.1, -0.05) is 48.2 Å². The second-order valence-corrected chi connectivity index (χ2v) is 5.18. The van der Waals surface area contributed by atoms with Crippen molar-refractivity contribution in [2.45, 2.75) is 18.6 Å².